The highest BCUT2D eigenvalue weighted by atomic mass is 79.9. The molecule has 0 bridgehead atoms. The zero-order valence-electron chi connectivity index (χ0n) is 19.5. The maximum atomic E-state index is 14.0. The van der Waals surface area contributed by atoms with Gasteiger partial charge in [0.15, 0.2) is 0 Å². The maximum Gasteiger partial charge on any atom is 0.490 e. The van der Waals surface area contributed by atoms with Crippen LogP contribution in [0.15, 0.2) is 44.5 Å². The number of aliphatic carboxylic acids is 1. The van der Waals surface area contributed by atoms with Crippen molar-refractivity contribution < 1.29 is 40.7 Å². The maximum absolute atomic E-state index is 14.0. The lowest BCUT2D eigenvalue weighted by molar-refractivity contribution is -0.192. The van der Waals surface area contributed by atoms with E-state index in [1.54, 1.807) is 18.0 Å². The summed E-state index contributed by atoms with van der Waals surface area (Å²) >= 11 is 4.37. The van der Waals surface area contributed by atoms with Crippen molar-refractivity contribution in [3.63, 3.8) is 0 Å². The molecule has 0 radical (unpaired) electrons. The third-order valence-electron chi connectivity index (χ3n) is 5.82. The Morgan fingerprint density at radius 1 is 1.16 bits per heavy atom. The Balaban J connectivity index is 0.000000479. The predicted octanol–water partition coefficient (Wildman–Crippen LogP) is 4.64. The Morgan fingerprint density at radius 2 is 1.76 bits per heavy atom. The molecule has 3 heterocycles. The number of hydrogen-bond donors (Lipinski definition) is 1. The molecule has 37 heavy (non-hydrogen) atoms. The fourth-order valence-corrected chi connectivity index (χ4v) is 7.28. The number of carbonyl (C=O) groups is 2. The van der Waals surface area contributed by atoms with Crippen molar-refractivity contribution in [2.24, 2.45) is 0 Å². The average molecular weight is 628 g/mol. The number of carboxylic acids is 1. The van der Waals surface area contributed by atoms with Crippen LogP contribution in [0.5, 0.6) is 0 Å². The van der Waals surface area contributed by atoms with Gasteiger partial charge in [0.2, 0.25) is 0 Å². The Labute approximate surface area is 222 Å². The lowest BCUT2D eigenvalue weighted by atomic mass is 10.0. The van der Waals surface area contributed by atoms with Crippen LogP contribution in [0.2, 0.25) is 0 Å². The minimum absolute atomic E-state index is 0.0607. The number of rotatable bonds is 4. The van der Waals surface area contributed by atoms with Crippen molar-refractivity contribution in [2.75, 3.05) is 27.2 Å². The first-order valence-corrected chi connectivity index (χ1v) is 13.7. The second-order valence-electron chi connectivity index (χ2n) is 8.32. The number of amides is 1. The normalized spacial score (nSPS) is 15.3. The minimum Gasteiger partial charge on any atom is -0.475 e. The molecule has 1 saturated heterocycles. The number of likely N-dealkylation sites (tertiary alicyclic amines) is 1. The topological polar surface area (TPSA) is 99.9 Å². The van der Waals surface area contributed by atoms with Crippen LogP contribution in [0.1, 0.15) is 23.2 Å². The highest BCUT2D eigenvalue weighted by molar-refractivity contribution is 9.11. The number of benzene rings is 1. The van der Waals surface area contributed by atoms with Crippen LogP contribution in [-0.2, 0) is 14.8 Å². The first kappa shape index (κ1) is 29.1. The first-order valence-electron chi connectivity index (χ1n) is 10.7. The van der Waals surface area contributed by atoms with Gasteiger partial charge in [0, 0.05) is 24.7 Å². The van der Waals surface area contributed by atoms with Gasteiger partial charge in [-0.3, -0.25) is 4.79 Å². The number of fused-ring (bicyclic) bond motifs is 1. The van der Waals surface area contributed by atoms with E-state index in [1.165, 1.54) is 30.5 Å². The molecule has 15 heteroatoms. The van der Waals surface area contributed by atoms with Gasteiger partial charge in [0.1, 0.15) is 10.0 Å². The summed E-state index contributed by atoms with van der Waals surface area (Å²) in [4.78, 5) is 26.1. The fourth-order valence-electron chi connectivity index (χ4n) is 3.81. The van der Waals surface area contributed by atoms with E-state index < -0.39 is 28.0 Å². The number of nitrogens with zero attached hydrogens (tertiary/aromatic N) is 3. The number of halogens is 5. The summed E-state index contributed by atoms with van der Waals surface area (Å²) < 4.78 is 74.1. The zero-order valence-corrected chi connectivity index (χ0v) is 22.7. The lowest BCUT2D eigenvalue weighted by Crippen LogP contribution is -2.44. The molecule has 0 aliphatic carbocycles. The summed E-state index contributed by atoms with van der Waals surface area (Å²) in [7, 11) is -0.151. The molecule has 202 valence electrons. The van der Waals surface area contributed by atoms with E-state index >= 15 is 0 Å². The lowest BCUT2D eigenvalue weighted by Gasteiger charge is -2.35. The van der Waals surface area contributed by atoms with Crippen molar-refractivity contribution in [1.82, 2.24) is 13.8 Å². The van der Waals surface area contributed by atoms with Gasteiger partial charge in [-0.2, -0.15) is 21.6 Å². The van der Waals surface area contributed by atoms with E-state index in [9.17, 15) is 30.8 Å². The third kappa shape index (κ3) is 6.51. The molecule has 0 atom stereocenters. The molecule has 1 amide bonds. The number of carboxylic acid groups (broad SMARTS) is 1. The van der Waals surface area contributed by atoms with Crippen LogP contribution in [0.3, 0.4) is 0 Å². The molecule has 0 spiro atoms. The van der Waals surface area contributed by atoms with E-state index in [0.29, 0.717) is 9.17 Å². The van der Waals surface area contributed by atoms with Crippen LogP contribution in [0.25, 0.3) is 10.9 Å². The van der Waals surface area contributed by atoms with Crippen LogP contribution in [-0.4, -0.2) is 78.6 Å². The quantitative estimate of drug-likeness (QED) is 0.423. The highest BCUT2D eigenvalue weighted by Gasteiger charge is 2.38. The Hall–Kier alpha value is -2.49. The summed E-state index contributed by atoms with van der Waals surface area (Å²) in [6.45, 7) is 1.78. The SMILES string of the molecule is CN1CCC(N(C)C(=O)c2cn(S(=O)(=O)c3ccc(Br)s3)c3ccc(F)cc23)CC1.O=C(O)C(F)(F)F. The molecule has 1 aliphatic heterocycles. The van der Waals surface area contributed by atoms with Gasteiger partial charge in [-0.05, 0) is 79.2 Å². The van der Waals surface area contributed by atoms with Crippen molar-refractivity contribution in [3.8, 4) is 0 Å². The van der Waals surface area contributed by atoms with Gasteiger partial charge in [-0.1, -0.05) is 0 Å². The molecule has 1 aromatic carbocycles. The standard InChI is InChI=1S/C20H21BrFN3O3S2.C2HF3O2/c1-23-9-7-14(8-10-23)24(2)20(26)16-12-25(17-4-3-13(22)11-15(16)17)30(27,28)19-6-5-18(21)29-19;3-2(4,5)1(6)7/h3-6,11-12,14H,7-10H2,1-2H3;(H,6,7). The van der Waals surface area contributed by atoms with Crippen molar-refractivity contribution in [2.45, 2.75) is 29.3 Å². The van der Waals surface area contributed by atoms with Crippen LogP contribution >= 0.6 is 27.3 Å². The number of hydrogen-bond acceptors (Lipinski definition) is 6. The molecular formula is C22H22BrF4N3O5S2. The van der Waals surface area contributed by atoms with Crippen molar-refractivity contribution in [1.29, 1.82) is 0 Å². The molecule has 1 N–H and O–H groups in total. The van der Waals surface area contributed by atoms with E-state index in [0.717, 1.165) is 41.2 Å². The molecule has 2 aromatic heterocycles. The molecular weight excluding hydrogens is 606 g/mol. The fraction of sp³-hybridized carbons (Fsp3) is 0.364. The summed E-state index contributed by atoms with van der Waals surface area (Å²) in [5.74, 6) is -3.58. The van der Waals surface area contributed by atoms with E-state index in [4.69, 9.17) is 9.90 Å². The summed E-state index contributed by atoms with van der Waals surface area (Å²) in [5, 5.41) is 7.42. The molecule has 8 nitrogen and oxygen atoms in total. The Bertz CT molecular complexity index is 1410. The third-order valence-corrected chi connectivity index (χ3v) is 9.59. The van der Waals surface area contributed by atoms with Gasteiger partial charge < -0.3 is 14.9 Å². The Kier molecular flexibility index (Phi) is 8.71. The smallest absolute Gasteiger partial charge is 0.475 e. The van der Waals surface area contributed by atoms with E-state index in [2.05, 4.69) is 20.8 Å². The summed E-state index contributed by atoms with van der Waals surface area (Å²) in [6, 6.07) is 7.05. The Morgan fingerprint density at radius 3 is 2.27 bits per heavy atom. The molecule has 0 saturated carbocycles. The first-order chi connectivity index (χ1) is 17.1. The highest BCUT2D eigenvalue weighted by Crippen LogP contribution is 2.32. The summed E-state index contributed by atoms with van der Waals surface area (Å²) in [6.07, 6.45) is -2.08. The van der Waals surface area contributed by atoms with E-state index in [1.807, 2.05) is 7.05 Å². The van der Waals surface area contributed by atoms with Gasteiger partial charge >= 0.3 is 12.1 Å². The molecule has 4 rings (SSSR count). The average Bonchev–Trinajstić information content (AvgIpc) is 3.43. The van der Waals surface area contributed by atoms with Crippen molar-refractivity contribution in [3.05, 3.63) is 51.7 Å². The number of carbonyl (C=O) groups excluding carboxylic acids is 1. The van der Waals surface area contributed by atoms with Crippen molar-refractivity contribution >= 4 is 60.1 Å². The van der Waals surface area contributed by atoms with Gasteiger partial charge in [-0.25, -0.2) is 13.2 Å². The van der Waals surface area contributed by atoms with Gasteiger partial charge in [-0.15, -0.1) is 11.3 Å². The largest absolute Gasteiger partial charge is 0.490 e. The molecule has 3 aromatic rings. The summed E-state index contributed by atoms with van der Waals surface area (Å²) in [5.41, 5.74) is 0.464. The van der Waals surface area contributed by atoms with E-state index in [-0.39, 0.29) is 27.2 Å². The van der Waals surface area contributed by atoms with Crippen LogP contribution in [0, 0.1) is 5.82 Å². The van der Waals surface area contributed by atoms with Gasteiger partial charge in [0.25, 0.3) is 15.9 Å². The molecule has 0 unspecified atom stereocenters. The zero-order chi connectivity index (χ0) is 27.7. The molecule has 1 aliphatic rings. The number of alkyl halides is 3. The number of piperidine rings is 1. The minimum atomic E-state index is -5.08. The monoisotopic (exact) mass is 627 g/mol. The van der Waals surface area contributed by atoms with Crippen LogP contribution < -0.4 is 0 Å². The van der Waals surface area contributed by atoms with Crippen LogP contribution in [0.4, 0.5) is 17.6 Å². The number of thiophene rings is 1. The predicted molar refractivity (Wildman–Crippen MR) is 133 cm³/mol. The second-order valence-corrected chi connectivity index (χ2v) is 12.8. The van der Waals surface area contributed by atoms with Gasteiger partial charge in [0.05, 0.1) is 14.9 Å². The second kappa shape index (κ2) is 11.1. The molecule has 1 fully saturated rings. The number of aromatic nitrogens is 1.